The summed E-state index contributed by atoms with van der Waals surface area (Å²) in [5, 5.41) is 4.17. The lowest BCUT2D eigenvalue weighted by Gasteiger charge is -2.28. The van der Waals surface area contributed by atoms with Gasteiger partial charge in [-0.3, -0.25) is 14.7 Å². The number of hydrogen-bond donors (Lipinski definition) is 0. The number of rotatable bonds is 1. The molecule has 2 rings (SSSR count). The van der Waals surface area contributed by atoms with Crippen LogP contribution in [0.4, 0.5) is 5.69 Å². The van der Waals surface area contributed by atoms with E-state index in [0.717, 1.165) is 11.3 Å². The van der Waals surface area contributed by atoms with Crippen molar-refractivity contribution in [2.75, 3.05) is 25.4 Å². The zero-order valence-electron chi connectivity index (χ0n) is 11.3. The van der Waals surface area contributed by atoms with E-state index in [2.05, 4.69) is 11.8 Å². The lowest BCUT2D eigenvalue weighted by atomic mass is 10.2. The van der Waals surface area contributed by atoms with E-state index >= 15 is 0 Å². The number of halogens is 1. The van der Waals surface area contributed by atoms with Crippen LogP contribution in [-0.2, 0) is 4.79 Å². The summed E-state index contributed by atoms with van der Waals surface area (Å²) < 4.78 is 0. The Kier molecular flexibility index (Phi) is 3.98. The Labute approximate surface area is 118 Å². The normalized spacial score (nSPS) is 15.4. The second-order valence-corrected chi connectivity index (χ2v) is 4.91. The number of hydrogen-bond acceptors (Lipinski definition) is 3. The maximum Gasteiger partial charge on any atom is 0.239 e. The first-order valence-corrected chi connectivity index (χ1v) is 6.37. The predicted octanol–water partition coefficient (Wildman–Crippen LogP) is 2.14. The molecule has 1 aromatic carbocycles. The van der Waals surface area contributed by atoms with Crippen LogP contribution >= 0.6 is 11.6 Å². The zero-order valence-corrected chi connectivity index (χ0v) is 12.0. The fraction of sp³-hybridized carbons (Fsp3) is 0.357. The number of amides is 1. The van der Waals surface area contributed by atoms with Crippen molar-refractivity contribution < 1.29 is 4.79 Å². The number of carbonyl (C=O) groups excluding carboxylic acids is 1. The summed E-state index contributed by atoms with van der Waals surface area (Å²) in [5.41, 5.74) is 1.70. The van der Waals surface area contributed by atoms with Gasteiger partial charge in [0.05, 0.1) is 24.0 Å². The van der Waals surface area contributed by atoms with E-state index in [1.54, 1.807) is 18.9 Å². The van der Waals surface area contributed by atoms with Crippen LogP contribution in [0.25, 0.3) is 0 Å². The highest BCUT2D eigenvalue weighted by atomic mass is 35.5. The van der Waals surface area contributed by atoms with Crippen molar-refractivity contribution in [2.45, 2.75) is 13.8 Å². The average Bonchev–Trinajstić information content (AvgIpc) is 2.74. The van der Waals surface area contributed by atoms with Crippen LogP contribution in [0.2, 0.25) is 5.02 Å². The molecule has 0 unspecified atom stereocenters. The van der Waals surface area contributed by atoms with E-state index < -0.39 is 0 Å². The van der Waals surface area contributed by atoms with E-state index in [1.165, 1.54) is 0 Å². The summed E-state index contributed by atoms with van der Waals surface area (Å²) in [6, 6.07) is 5.60. The van der Waals surface area contributed by atoms with Crippen molar-refractivity contribution in [2.24, 2.45) is 0 Å². The third-order valence-electron chi connectivity index (χ3n) is 2.90. The van der Waals surface area contributed by atoms with Gasteiger partial charge in [-0.05, 0) is 32.2 Å². The van der Waals surface area contributed by atoms with Crippen molar-refractivity contribution in [3.63, 3.8) is 0 Å². The molecule has 0 N–H and O–H groups in total. The molecular formula is C14H16ClN3O. The Morgan fingerprint density at radius 1 is 1.37 bits per heavy atom. The fourth-order valence-corrected chi connectivity index (χ4v) is 2.28. The Hall–Kier alpha value is -1.70. The monoisotopic (exact) mass is 277 g/mol. The summed E-state index contributed by atoms with van der Waals surface area (Å²) in [5.74, 6) is 5.86. The molecular weight excluding hydrogens is 262 g/mol. The van der Waals surface area contributed by atoms with Crippen molar-refractivity contribution in [3.8, 4) is 11.8 Å². The Bertz CT molecular complexity index is 562. The second kappa shape index (κ2) is 5.52. The molecule has 0 saturated carbocycles. The molecule has 1 fully saturated rings. The molecule has 100 valence electrons. The standard InChI is InChI=1S/C14H16ClN3O/c1-4-5-12-6-7-13(15)14(8-12)18-10-16(3)9-17(18)11(2)19/h6-8H,9-10H2,1-3H3. The van der Waals surface area contributed by atoms with Crippen molar-refractivity contribution in [3.05, 3.63) is 28.8 Å². The number of anilines is 1. The molecule has 0 radical (unpaired) electrons. The fourth-order valence-electron chi connectivity index (χ4n) is 2.06. The third kappa shape index (κ3) is 2.83. The van der Waals surface area contributed by atoms with Crippen LogP contribution in [-0.4, -0.2) is 36.2 Å². The summed E-state index contributed by atoms with van der Waals surface area (Å²) >= 11 is 6.25. The number of nitrogens with zero attached hydrogens (tertiary/aromatic N) is 3. The van der Waals surface area contributed by atoms with Crippen LogP contribution < -0.4 is 5.01 Å². The van der Waals surface area contributed by atoms with Crippen LogP contribution in [0.1, 0.15) is 19.4 Å². The Balaban J connectivity index is 2.41. The van der Waals surface area contributed by atoms with Gasteiger partial charge in [-0.2, -0.15) is 0 Å². The molecule has 1 amide bonds. The molecule has 0 bridgehead atoms. The number of hydrazine groups is 1. The van der Waals surface area contributed by atoms with Crippen molar-refractivity contribution >= 4 is 23.2 Å². The van der Waals surface area contributed by atoms with Gasteiger partial charge in [0.25, 0.3) is 0 Å². The first-order chi connectivity index (χ1) is 9.02. The maximum atomic E-state index is 11.7. The van der Waals surface area contributed by atoms with E-state index in [1.807, 2.05) is 35.2 Å². The second-order valence-electron chi connectivity index (χ2n) is 4.50. The van der Waals surface area contributed by atoms with E-state index in [0.29, 0.717) is 18.4 Å². The van der Waals surface area contributed by atoms with Crippen LogP contribution in [0.3, 0.4) is 0 Å². The molecule has 0 spiro atoms. The van der Waals surface area contributed by atoms with Gasteiger partial charge in [-0.25, -0.2) is 5.01 Å². The molecule has 0 aromatic heterocycles. The number of carbonyl (C=O) groups is 1. The van der Waals surface area contributed by atoms with Gasteiger partial charge >= 0.3 is 0 Å². The first-order valence-electron chi connectivity index (χ1n) is 5.99. The summed E-state index contributed by atoms with van der Waals surface area (Å²) in [4.78, 5) is 13.7. The molecule has 5 heteroatoms. The third-order valence-corrected chi connectivity index (χ3v) is 3.22. The minimum Gasteiger partial charge on any atom is -0.273 e. The lowest BCUT2D eigenvalue weighted by molar-refractivity contribution is -0.128. The summed E-state index contributed by atoms with van der Waals surface area (Å²) in [7, 11) is 1.96. The minimum absolute atomic E-state index is 0.00704. The molecule has 4 nitrogen and oxygen atoms in total. The first kappa shape index (κ1) is 13.7. The van der Waals surface area contributed by atoms with E-state index in [4.69, 9.17) is 11.6 Å². The highest BCUT2D eigenvalue weighted by Crippen LogP contribution is 2.30. The zero-order chi connectivity index (χ0) is 14.0. The van der Waals surface area contributed by atoms with Gasteiger partial charge < -0.3 is 0 Å². The van der Waals surface area contributed by atoms with Crippen molar-refractivity contribution in [1.29, 1.82) is 0 Å². The number of benzene rings is 1. The summed E-state index contributed by atoms with van der Waals surface area (Å²) in [6.45, 7) is 4.53. The molecule has 0 aliphatic carbocycles. The molecule has 1 aliphatic rings. The SMILES string of the molecule is CC#Cc1ccc(Cl)c(N2CN(C)CN2C(C)=O)c1. The van der Waals surface area contributed by atoms with Crippen LogP contribution in [0, 0.1) is 11.8 Å². The average molecular weight is 278 g/mol. The van der Waals surface area contributed by atoms with Gasteiger partial charge in [0.2, 0.25) is 5.91 Å². The van der Waals surface area contributed by atoms with Gasteiger partial charge in [0, 0.05) is 12.5 Å². The maximum absolute atomic E-state index is 11.7. The van der Waals surface area contributed by atoms with Gasteiger partial charge in [-0.15, -0.1) is 5.92 Å². The smallest absolute Gasteiger partial charge is 0.239 e. The highest BCUT2D eigenvalue weighted by molar-refractivity contribution is 6.33. The molecule has 1 aliphatic heterocycles. The van der Waals surface area contributed by atoms with Crippen LogP contribution in [0.15, 0.2) is 18.2 Å². The molecule has 0 atom stereocenters. The van der Waals surface area contributed by atoms with E-state index in [-0.39, 0.29) is 5.91 Å². The van der Waals surface area contributed by atoms with Gasteiger partial charge in [0.1, 0.15) is 0 Å². The molecule has 1 saturated heterocycles. The lowest BCUT2D eigenvalue weighted by Crippen LogP contribution is -2.40. The molecule has 1 heterocycles. The quantitative estimate of drug-likeness (QED) is 0.736. The highest BCUT2D eigenvalue weighted by Gasteiger charge is 2.29. The van der Waals surface area contributed by atoms with Crippen molar-refractivity contribution in [1.82, 2.24) is 9.91 Å². The molecule has 19 heavy (non-hydrogen) atoms. The van der Waals surface area contributed by atoms with Gasteiger partial charge in [0.15, 0.2) is 0 Å². The van der Waals surface area contributed by atoms with Gasteiger partial charge in [-0.1, -0.05) is 17.5 Å². The predicted molar refractivity (Wildman–Crippen MR) is 76.5 cm³/mol. The minimum atomic E-state index is -0.00704. The topological polar surface area (TPSA) is 26.8 Å². The Morgan fingerprint density at radius 3 is 2.74 bits per heavy atom. The Morgan fingerprint density at radius 2 is 2.11 bits per heavy atom. The largest absolute Gasteiger partial charge is 0.273 e. The summed E-state index contributed by atoms with van der Waals surface area (Å²) in [6.07, 6.45) is 0. The van der Waals surface area contributed by atoms with Crippen LogP contribution in [0.5, 0.6) is 0 Å². The molecule has 1 aromatic rings. The van der Waals surface area contributed by atoms with E-state index in [9.17, 15) is 4.79 Å².